The van der Waals surface area contributed by atoms with E-state index in [1.165, 1.54) is 0 Å². The van der Waals surface area contributed by atoms with Crippen LogP contribution in [0.4, 0.5) is 0 Å². The van der Waals surface area contributed by atoms with Crippen LogP contribution in [0.3, 0.4) is 0 Å². The molecule has 0 spiro atoms. The lowest BCUT2D eigenvalue weighted by Crippen LogP contribution is -2.32. The fourth-order valence-corrected chi connectivity index (χ4v) is 5.18. The van der Waals surface area contributed by atoms with E-state index in [9.17, 15) is 8.42 Å². The zero-order valence-corrected chi connectivity index (χ0v) is 13.5. The van der Waals surface area contributed by atoms with Crippen LogP contribution in [0.2, 0.25) is 0 Å². The van der Waals surface area contributed by atoms with Crippen molar-refractivity contribution in [1.29, 1.82) is 0 Å². The Morgan fingerprint density at radius 1 is 1.43 bits per heavy atom. The van der Waals surface area contributed by atoms with E-state index >= 15 is 0 Å². The number of aromatic nitrogens is 1. The van der Waals surface area contributed by atoms with E-state index in [1.54, 1.807) is 23.5 Å². The Morgan fingerprint density at radius 2 is 2.24 bits per heavy atom. The molecular formula is C15H18N2O2S2. The van der Waals surface area contributed by atoms with Gasteiger partial charge in [0.1, 0.15) is 5.01 Å². The Balaban J connectivity index is 1.90. The minimum Gasteiger partial charge on any atom is -0.301 e. The van der Waals surface area contributed by atoms with Gasteiger partial charge >= 0.3 is 0 Å². The van der Waals surface area contributed by atoms with Crippen molar-refractivity contribution in [2.45, 2.75) is 36.7 Å². The topological polar surface area (TPSA) is 59.1 Å². The summed E-state index contributed by atoms with van der Waals surface area (Å²) in [4.78, 5) is 4.85. The maximum atomic E-state index is 12.2. The number of nitrogens with zero attached hydrogens (tertiary/aromatic N) is 1. The van der Waals surface area contributed by atoms with E-state index in [1.807, 2.05) is 23.7 Å². The van der Waals surface area contributed by atoms with Crippen molar-refractivity contribution in [2.75, 3.05) is 5.75 Å². The SMILES string of the molecule is CCC(NC1CCS(=O)(=O)c2ccccc21)c1nccs1. The second-order valence-corrected chi connectivity index (χ2v) is 8.20. The third-order valence-electron chi connectivity index (χ3n) is 3.86. The van der Waals surface area contributed by atoms with Crippen molar-refractivity contribution in [1.82, 2.24) is 10.3 Å². The maximum Gasteiger partial charge on any atom is 0.178 e. The summed E-state index contributed by atoms with van der Waals surface area (Å²) in [6, 6.07) is 7.55. The van der Waals surface area contributed by atoms with E-state index in [0.717, 1.165) is 17.0 Å². The Hall–Kier alpha value is -1.24. The molecule has 0 aliphatic carbocycles. The Kier molecular flexibility index (Phi) is 4.10. The molecule has 21 heavy (non-hydrogen) atoms. The molecule has 112 valence electrons. The molecule has 0 amide bonds. The molecule has 0 bridgehead atoms. The molecule has 0 radical (unpaired) electrons. The first-order valence-corrected chi connectivity index (χ1v) is 9.62. The Morgan fingerprint density at radius 3 is 2.95 bits per heavy atom. The van der Waals surface area contributed by atoms with E-state index < -0.39 is 9.84 Å². The number of hydrogen-bond acceptors (Lipinski definition) is 5. The van der Waals surface area contributed by atoms with Gasteiger partial charge in [-0.05, 0) is 24.5 Å². The van der Waals surface area contributed by atoms with Crippen molar-refractivity contribution in [3.8, 4) is 0 Å². The molecule has 0 fully saturated rings. The van der Waals surface area contributed by atoms with Crippen LogP contribution in [-0.4, -0.2) is 19.2 Å². The molecule has 2 aromatic rings. The van der Waals surface area contributed by atoms with Crippen molar-refractivity contribution >= 4 is 21.2 Å². The van der Waals surface area contributed by atoms with Gasteiger partial charge in [-0.2, -0.15) is 0 Å². The molecule has 3 rings (SSSR count). The van der Waals surface area contributed by atoms with Gasteiger partial charge in [-0.3, -0.25) is 0 Å². The first-order chi connectivity index (χ1) is 10.1. The van der Waals surface area contributed by atoms with Crippen LogP contribution in [0.1, 0.15) is 42.4 Å². The minimum absolute atomic E-state index is 0.0681. The van der Waals surface area contributed by atoms with Gasteiger partial charge in [0.2, 0.25) is 0 Å². The molecule has 1 N–H and O–H groups in total. The van der Waals surface area contributed by atoms with Gasteiger partial charge in [-0.25, -0.2) is 13.4 Å². The maximum absolute atomic E-state index is 12.2. The fourth-order valence-electron chi connectivity index (χ4n) is 2.78. The van der Waals surface area contributed by atoms with Crippen LogP contribution in [0.15, 0.2) is 40.7 Å². The number of nitrogens with one attached hydrogen (secondary N) is 1. The van der Waals surface area contributed by atoms with Gasteiger partial charge < -0.3 is 5.32 Å². The van der Waals surface area contributed by atoms with Gasteiger partial charge in [0.15, 0.2) is 9.84 Å². The zero-order valence-electron chi connectivity index (χ0n) is 11.8. The molecule has 1 aromatic heterocycles. The second-order valence-electron chi connectivity index (χ2n) is 5.20. The highest BCUT2D eigenvalue weighted by Crippen LogP contribution is 2.34. The molecule has 4 nitrogen and oxygen atoms in total. The van der Waals surface area contributed by atoms with E-state index in [-0.39, 0.29) is 17.8 Å². The Bertz CT molecular complexity index is 711. The summed E-state index contributed by atoms with van der Waals surface area (Å²) in [7, 11) is -3.12. The number of hydrogen-bond donors (Lipinski definition) is 1. The number of benzene rings is 1. The lowest BCUT2D eigenvalue weighted by Gasteiger charge is -2.29. The largest absolute Gasteiger partial charge is 0.301 e. The summed E-state index contributed by atoms with van der Waals surface area (Å²) in [6.07, 6.45) is 3.35. The van der Waals surface area contributed by atoms with Crippen LogP contribution in [0.25, 0.3) is 0 Å². The molecule has 6 heteroatoms. The predicted molar refractivity (Wildman–Crippen MR) is 84.1 cm³/mol. The lowest BCUT2D eigenvalue weighted by molar-refractivity contribution is 0.414. The molecule has 0 saturated heterocycles. The summed E-state index contributed by atoms with van der Waals surface area (Å²) < 4.78 is 24.3. The second kappa shape index (κ2) is 5.87. The first kappa shape index (κ1) is 14.7. The van der Waals surface area contributed by atoms with Crippen molar-refractivity contribution in [3.05, 3.63) is 46.4 Å². The average Bonchev–Trinajstić information content (AvgIpc) is 3.01. The van der Waals surface area contributed by atoms with Gasteiger partial charge in [0.25, 0.3) is 0 Å². The van der Waals surface area contributed by atoms with Gasteiger partial charge in [-0.15, -0.1) is 11.3 Å². The summed E-state index contributed by atoms with van der Waals surface area (Å²) in [6.45, 7) is 2.12. The van der Waals surface area contributed by atoms with Crippen LogP contribution in [-0.2, 0) is 9.84 Å². The molecule has 1 aliphatic rings. The molecule has 2 heterocycles. The summed E-state index contributed by atoms with van der Waals surface area (Å²) in [5.41, 5.74) is 0.888. The highest BCUT2D eigenvalue weighted by atomic mass is 32.2. The van der Waals surface area contributed by atoms with Gasteiger partial charge in [-0.1, -0.05) is 25.1 Å². The summed E-state index contributed by atoms with van der Waals surface area (Å²) >= 11 is 1.63. The molecule has 1 aliphatic heterocycles. The normalized spacial score (nSPS) is 21.7. The van der Waals surface area contributed by atoms with E-state index in [0.29, 0.717) is 11.3 Å². The van der Waals surface area contributed by atoms with Crippen LogP contribution >= 0.6 is 11.3 Å². The molecule has 1 aromatic carbocycles. The Labute approximate surface area is 129 Å². The minimum atomic E-state index is -3.12. The number of rotatable bonds is 4. The number of thiazole rings is 1. The van der Waals surface area contributed by atoms with Gasteiger partial charge in [0, 0.05) is 17.6 Å². The molecular weight excluding hydrogens is 304 g/mol. The smallest absolute Gasteiger partial charge is 0.178 e. The van der Waals surface area contributed by atoms with E-state index in [4.69, 9.17) is 0 Å². The fraction of sp³-hybridized carbons (Fsp3) is 0.400. The van der Waals surface area contributed by atoms with Crippen molar-refractivity contribution in [3.63, 3.8) is 0 Å². The summed E-state index contributed by atoms with van der Waals surface area (Å²) in [5.74, 6) is 0.204. The molecule has 2 unspecified atom stereocenters. The third kappa shape index (κ3) is 2.88. The zero-order chi connectivity index (χ0) is 14.9. The van der Waals surface area contributed by atoms with Crippen LogP contribution in [0.5, 0.6) is 0 Å². The van der Waals surface area contributed by atoms with Crippen LogP contribution in [0, 0.1) is 0 Å². The molecule has 2 atom stereocenters. The predicted octanol–water partition coefficient (Wildman–Crippen LogP) is 3.10. The number of fused-ring (bicyclic) bond motifs is 1. The lowest BCUT2D eigenvalue weighted by atomic mass is 10.0. The monoisotopic (exact) mass is 322 g/mol. The average molecular weight is 322 g/mol. The van der Waals surface area contributed by atoms with Crippen molar-refractivity contribution < 1.29 is 8.42 Å². The molecule has 0 saturated carbocycles. The first-order valence-electron chi connectivity index (χ1n) is 7.09. The highest BCUT2D eigenvalue weighted by molar-refractivity contribution is 7.91. The standard InChI is InChI=1S/C15H18N2O2S2/c1-2-12(15-16-8-9-20-15)17-13-7-10-21(18,19)14-6-4-3-5-11(13)14/h3-6,8-9,12-13,17H,2,7,10H2,1H3. The third-order valence-corrected chi connectivity index (χ3v) is 6.57. The summed E-state index contributed by atoms with van der Waals surface area (Å²) in [5, 5.41) is 6.62. The highest BCUT2D eigenvalue weighted by Gasteiger charge is 2.31. The van der Waals surface area contributed by atoms with E-state index in [2.05, 4.69) is 17.2 Å². The number of sulfone groups is 1. The quantitative estimate of drug-likeness (QED) is 0.939. The van der Waals surface area contributed by atoms with Gasteiger partial charge in [0.05, 0.1) is 16.7 Å². The van der Waals surface area contributed by atoms with Crippen LogP contribution < -0.4 is 5.32 Å². The van der Waals surface area contributed by atoms with Crippen molar-refractivity contribution in [2.24, 2.45) is 0 Å².